The summed E-state index contributed by atoms with van der Waals surface area (Å²) in [5.74, 6) is 7.89. The molecule has 0 bridgehead atoms. The SMILES string of the molecule is CC#CC(C)C(C)c1cc(Br)ccc1OCCC. The lowest BCUT2D eigenvalue weighted by atomic mass is 9.89. The van der Waals surface area contributed by atoms with E-state index in [4.69, 9.17) is 4.74 Å². The molecule has 0 saturated heterocycles. The topological polar surface area (TPSA) is 9.23 Å². The van der Waals surface area contributed by atoms with Gasteiger partial charge in [0.15, 0.2) is 0 Å². The van der Waals surface area contributed by atoms with E-state index < -0.39 is 0 Å². The fourth-order valence-electron chi connectivity index (χ4n) is 1.84. The summed E-state index contributed by atoms with van der Waals surface area (Å²) < 4.78 is 6.91. The summed E-state index contributed by atoms with van der Waals surface area (Å²) in [6.45, 7) is 9.13. The van der Waals surface area contributed by atoms with Crippen LogP contribution in [0.2, 0.25) is 0 Å². The zero-order valence-electron chi connectivity index (χ0n) is 11.6. The van der Waals surface area contributed by atoms with Crippen LogP contribution in [0.5, 0.6) is 5.75 Å². The standard InChI is InChI=1S/C16H21BrO/c1-5-7-12(3)13(4)15-11-14(17)8-9-16(15)18-10-6-2/h8-9,11-13H,6,10H2,1-4H3. The summed E-state index contributed by atoms with van der Waals surface area (Å²) in [5.41, 5.74) is 1.23. The molecule has 2 atom stereocenters. The van der Waals surface area contributed by atoms with E-state index in [1.54, 1.807) is 0 Å². The van der Waals surface area contributed by atoms with E-state index in [-0.39, 0.29) is 0 Å². The van der Waals surface area contributed by atoms with E-state index in [1.807, 2.05) is 19.1 Å². The van der Waals surface area contributed by atoms with Gasteiger partial charge in [0.2, 0.25) is 0 Å². The van der Waals surface area contributed by atoms with E-state index in [0.29, 0.717) is 11.8 Å². The fourth-order valence-corrected chi connectivity index (χ4v) is 2.22. The predicted molar refractivity (Wildman–Crippen MR) is 81.0 cm³/mol. The normalized spacial score (nSPS) is 13.4. The first kappa shape index (κ1) is 15.1. The van der Waals surface area contributed by atoms with Gasteiger partial charge >= 0.3 is 0 Å². The third kappa shape index (κ3) is 4.07. The third-order valence-corrected chi connectivity index (χ3v) is 3.54. The molecule has 0 heterocycles. The van der Waals surface area contributed by atoms with Crippen molar-refractivity contribution in [2.24, 2.45) is 5.92 Å². The van der Waals surface area contributed by atoms with E-state index in [9.17, 15) is 0 Å². The maximum atomic E-state index is 5.82. The molecule has 0 fully saturated rings. The third-order valence-electron chi connectivity index (χ3n) is 3.05. The van der Waals surface area contributed by atoms with E-state index in [1.165, 1.54) is 5.56 Å². The minimum atomic E-state index is 0.327. The smallest absolute Gasteiger partial charge is 0.122 e. The highest BCUT2D eigenvalue weighted by molar-refractivity contribution is 9.10. The fraction of sp³-hybridized carbons (Fsp3) is 0.500. The summed E-state index contributed by atoms with van der Waals surface area (Å²) in [6.07, 6.45) is 1.02. The Morgan fingerprint density at radius 2 is 2.06 bits per heavy atom. The van der Waals surface area contributed by atoms with Crippen LogP contribution in [-0.4, -0.2) is 6.61 Å². The lowest BCUT2D eigenvalue weighted by molar-refractivity contribution is 0.311. The lowest BCUT2D eigenvalue weighted by Crippen LogP contribution is -2.07. The summed E-state index contributed by atoms with van der Waals surface area (Å²) in [7, 11) is 0. The van der Waals surface area contributed by atoms with Gasteiger partial charge in [0, 0.05) is 10.4 Å². The van der Waals surface area contributed by atoms with Gasteiger partial charge in [0.05, 0.1) is 6.61 Å². The Balaban J connectivity index is 3.02. The molecule has 18 heavy (non-hydrogen) atoms. The minimum Gasteiger partial charge on any atom is -0.493 e. The number of halogens is 1. The first-order valence-corrected chi connectivity index (χ1v) is 7.24. The van der Waals surface area contributed by atoms with Gasteiger partial charge < -0.3 is 4.74 Å². The van der Waals surface area contributed by atoms with Gasteiger partial charge in [0.25, 0.3) is 0 Å². The second-order valence-corrected chi connectivity index (χ2v) is 5.42. The van der Waals surface area contributed by atoms with Crippen LogP contribution in [-0.2, 0) is 0 Å². The molecule has 0 aromatic heterocycles. The first-order valence-electron chi connectivity index (χ1n) is 6.44. The van der Waals surface area contributed by atoms with Crippen molar-refractivity contribution in [2.45, 2.75) is 40.0 Å². The number of hydrogen-bond acceptors (Lipinski definition) is 1. The number of ether oxygens (including phenoxy) is 1. The molecule has 0 aliphatic heterocycles. The molecule has 0 radical (unpaired) electrons. The van der Waals surface area contributed by atoms with E-state index in [2.05, 4.69) is 54.6 Å². The Morgan fingerprint density at radius 3 is 2.67 bits per heavy atom. The Labute approximate surface area is 119 Å². The van der Waals surface area contributed by atoms with Gasteiger partial charge in [-0.2, -0.15) is 0 Å². The molecule has 2 heteroatoms. The van der Waals surface area contributed by atoms with Crippen LogP contribution in [0.1, 0.15) is 45.6 Å². The number of rotatable bonds is 5. The van der Waals surface area contributed by atoms with Crippen LogP contribution in [0, 0.1) is 17.8 Å². The van der Waals surface area contributed by atoms with E-state index >= 15 is 0 Å². The van der Waals surface area contributed by atoms with Gasteiger partial charge in [-0.05, 0) is 43.0 Å². The van der Waals surface area contributed by atoms with Crippen LogP contribution in [0.3, 0.4) is 0 Å². The lowest BCUT2D eigenvalue weighted by Gasteiger charge is -2.19. The minimum absolute atomic E-state index is 0.327. The van der Waals surface area contributed by atoms with Crippen molar-refractivity contribution in [3.63, 3.8) is 0 Å². The van der Waals surface area contributed by atoms with Gasteiger partial charge in [0.1, 0.15) is 5.75 Å². The summed E-state index contributed by atoms with van der Waals surface area (Å²) >= 11 is 3.53. The first-order chi connectivity index (χ1) is 8.60. The molecule has 2 unspecified atom stereocenters. The van der Waals surface area contributed by atoms with Gasteiger partial charge in [-0.1, -0.05) is 42.6 Å². The maximum Gasteiger partial charge on any atom is 0.122 e. The average Bonchev–Trinajstić information content (AvgIpc) is 2.36. The summed E-state index contributed by atoms with van der Waals surface area (Å²) in [6, 6.07) is 6.21. The van der Waals surface area contributed by atoms with Crippen LogP contribution < -0.4 is 4.74 Å². The van der Waals surface area contributed by atoms with Crippen molar-refractivity contribution >= 4 is 15.9 Å². The van der Waals surface area contributed by atoms with Crippen molar-refractivity contribution < 1.29 is 4.74 Å². The molecular weight excluding hydrogens is 288 g/mol. The van der Waals surface area contributed by atoms with Crippen LogP contribution in [0.15, 0.2) is 22.7 Å². The molecule has 1 nitrogen and oxygen atoms in total. The highest BCUT2D eigenvalue weighted by atomic mass is 79.9. The number of benzene rings is 1. The van der Waals surface area contributed by atoms with Gasteiger partial charge in [-0.15, -0.1) is 5.92 Å². The molecule has 1 rings (SSSR count). The Bertz CT molecular complexity index is 442. The largest absolute Gasteiger partial charge is 0.493 e. The second kappa shape index (κ2) is 7.48. The molecule has 0 saturated carbocycles. The molecule has 98 valence electrons. The molecule has 0 aliphatic rings. The van der Waals surface area contributed by atoms with Crippen molar-refractivity contribution in [1.82, 2.24) is 0 Å². The van der Waals surface area contributed by atoms with Crippen LogP contribution in [0.25, 0.3) is 0 Å². The zero-order chi connectivity index (χ0) is 13.5. The molecule has 0 amide bonds. The molecule has 1 aromatic rings. The van der Waals surface area contributed by atoms with Gasteiger partial charge in [-0.25, -0.2) is 0 Å². The second-order valence-electron chi connectivity index (χ2n) is 4.50. The van der Waals surface area contributed by atoms with Crippen LogP contribution >= 0.6 is 15.9 Å². The highest BCUT2D eigenvalue weighted by Crippen LogP contribution is 2.33. The highest BCUT2D eigenvalue weighted by Gasteiger charge is 2.17. The number of hydrogen-bond donors (Lipinski definition) is 0. The van der Waals surface area contributed by atoms with Crippen molar-refractivity contribution in [1.29, 1.82) is 0 Å². The summed E-state index contributed by atoms with van der Waals surface area (Å²) in [4.78, 5) is 0. The molecule has 0 N–H and O–H groups in total. The summed E-state index contributed by atoms with van der Waals surface area (Å²) in [5, 5.41) is 0. The quantitative estimate of drug-likeness (QED) is 0.695. The Kier molecular flexibility index (Phi) is 6.29. The van der Waals surface area contributed by atoms with Gasteiger partial charge in [-0.3, -0.25) is 0 Å². The average molecular weight is 309 g/mol. The monoisotopic (exact) mass is 308 g/mol. The Hall–Kier alpha value is -0.940. The van der Waals surface area contributed by atoms with Crippen molar-refractivity contribution in [3.8, 4) is 17.6 Å². The molecule has 0 spiro atoms. The maximum absolute atomic E-state index is 5.82. The Morgan fingerprint density at radius 1 is 1.33 bits per heavy atom. The molecule has 1 aromatic carbocycles. The molecular formula is C16H21BrO. The van der Waals surface area contributed by atoms with Crippen molar-refractivity contribution in [2.75, 3.05) is 6.61 Å². The van der Waals surface area contributed by atoms with E-state index in [0.717, 1.165) is 23.2 Å². The predicted octanol–water partition coefficient (Wildman–Crippen LogP) is 5.00. The molecule has 0 aliphatic carbocycles. The van der Waals surface area contributed by atoms with Crippen molar-refractivity contribution in [3.05, 3.63) is 28.2 Å². The van der Waals surface area contributed by atoms with Crippen LogP contribution in [0.4, 0.5) is 0 Å². The zero-order valence-corrected chi connectivity index (χ0v) is 13.2.